The van der Waals surface area contributed by atoms with Crippen molar-refractivity contribution in [1.82, 2.24) is 4.98 Å². The molecule has 1 heterocycles. The highest BCUT2D eigenvalue weighted by molar-refractivity contribution is 9.10. The highest BCUT2D eigenvalue weighted by Crippen LogP contribution is 2.22. The van der Waals surface area contributed by atoms with Gasteiger partial charge in [-0.2, -0.15) is 0 Å². The van der Waals surface area contributed by atoms with E-state index in [1.54, 1.807) is 12.3 Å². The highest BCUT2D eigenvalue weighted by Gasteiger charge is 2.08. The van der Waals surface area contributed by atoms with Gasteiger partial charge in [0.15, 0.2) is 0 Å². The molecule has 3 nitrogen and oxygen atoms in total. The number of nitrogens with two attached hydrogens (primary N) is 1. The lowest BCUT2D eigenvalue weighted by atomic mass is 10.1. The van der Waals surface area contributed by atoms with Crippen molar-refractivity contribution >= 4 is 15.9 Å². The Morgan fingerprint density at radius 2 is 2.15 bits per heavy atom. The molecule has 1 aromatic carbocycles. The van der Waals surface area contributed by atoms with E-state index in [1.807, 2.05) is 19.1 Å². The second-order valence-electron chi connectivity index (χ2n) is 4.69. The molecule has 2 rings (SSSR count). The number of ether oxygens (including phenoxy) is 1. The molecule has 0 aliphatic carbocycles. The number of hydrogen-bond acceptors (Lipinski definition) is 3. The van der Waals surface area contributed by atoms with E-state index in [0.29, 0.717) is 18.8 Å². The molecule has 0 aliphatic heterocycles. The molecule has 0 saturated heterocycles. The lowest BCUT2D eigenvalue weighted by Gasteiger charge is -2.13. The van der Waals surface area contributed by atoms with Gasteiger partial charge >= 0.3 is 0 Å². The van der Waals surface area contributed by atoms with Crippen LogP contribution in [0.1, 0.15) is 18.2 Å². The molecule has 1 unspecified atom stereocenters. The van der Waals surface area contributed by atoms with Crippen LogP contribution in [0.2, 0.25) is 0 Å². The molecule has 1 atom stereocenters. The maximum Gasteiger partial charge on any atom is 0.130 e. The van der Waals surface area contributed by atoms with Crippen LogP contribution < -0.4 is 10.5 Å². The van der Waals surface area contributed by atoms with Crippen LogP contribution >= 0.6 is 15.9 Å². The minimum Gasteiger partial charge on any atom is -0.487 e. The fourth-order valence-corrected chi connectivity index (χ4v) is 2.07. The summed E-state index contributed by atoms with van der Waals surface area (Å²) in [6, 6.07) is 8.21. The van der Waals surface area contributed by atoms with Gasteiger partial charge in [-0.05, 0) is 65.2 Å². The average Bonchev–Trinajstić information content (AvgIpc) is 2.39. The van der Waals surface area contributed by atoms with E-state index in [1.165, 1.54) is 12.1 Å². The number of aromatic nitrogens is 1. The third-order valence-electron chi connectivity index (χ3n) is 2.73. The molecule has 0 bridgehead atoms. The molecular weight excluding hydrogens is 323 g/mol. The molecule has 106 valence electrons. The van der Waals surface area contributed by atoms with Crippen LogP contribution in [0.5, 0.6) is 5.75 Å². The summed E-state index contributed by atoms with van der Waals surface area (Å²) in [5, 5.41) is 0. The van der Waals surface area contributed by atoms with Gasteiger partial charge in [-0.3, -0.25) is 4.98 Å². The third-order valence-corrected chi connectivity index (χ3v) is 3.20. The SMILES string of the molecule is CC(N)Cc1cc(F)ccc1OCc1ccc(Br)cn1. The van der Waals surface area contributed by atoms with Crippen molar-refractivity contribution in [2.75, 3.05) is 0 Å². The zero-order valence-electron chi connectivity index (χ0n) is 11.1. The Labute approximate surface area is 126 Å². The zero-order chi connectivity index (χ0) is 14.5. The van der Waals surface area contributed by atoms with Crippen LogP contribution in [0.3, 0.4) is 0 Å². The molecule has 20 heavy (non-hydrogen) atoms. The second-order valence-corrected chi connectivity index (χ2v) is 5.61. The van der Waals surface area contributed by atoms with Crippen LogP contribution in [-0.4, -0.2) is 11.0 Å². The molecule has 0 saturated carbocycles. The molecule has 2 aromatic rings. The maximum atomic E-state index is 13.3. The number of rotatable bonds is 5. The van der Waals surface area contributed by atoms with Gasteiger partial charge < -0.3 is 10.5 Å². The van der Waals surface area contributed by atoms with Gasteiger partial charge in [0.05, 0.1) is 5.69 Å². The molecule has 0 fully saturated rings. The van der Waals surface area contributed by atoms with Gasteiger partial charge in [0, 0.05) is 16.7 Å². The summed E-state index contributed by atoms with van der Waals surface area (Å²) < 4.78 is 19.9. The summed E-state index contributed by atoms with van der Waals surface area (Å²) in [5.41, 5.74) is 7.36. The van der Waals surface area contributed by atoms with E-state index in [0.717, 1.165) is 15.7 Å². The Balaban J connectivity index is 2.10. The number of pyridine rings is 1. The van der Waals surface area contributed by atoms with Crippen LogP contribution in [0.15, 0.2) is 41.0 Å². The lowest BCUT2D eigenvalue weighted by molar-refractivity contribution is 0.297. The number of halogens is 2. The standard InChI is InChI=1S/C15H16BrFN2O/c1-10(18)6-11-7-13(17)3-5-15(11)20-9-14-4-2-12(16)8-19-14/h2-5,7-8,10H,6,9,18H2,1H3. The van der Waals surface area contributed by atoms with Crippen molar-refractivity contribution in [3.63, 3.8) is 0 Å². The molecule has 5 heteroatoms. The summed E-state index contributed by atoms with van der Waals surface area (Å²) in [6.07, 6.45) is 2.28. The van der Waals surface area contributed by atoms with Gasteiger partial charge in [-0.15, -0.1) is 0 Å². The molecule has 2 N–H and O–H groups in total. The van der Waals surface area contributed by atoms with E-state index < -0.39 is 0 Å². The molecule has 0 spiro atoms. The normalized spacial score (nSPS) is 12.2. The van der Waals surface area contributed by atoms with Crippen molar-refractivity contribution < 1.29 is 9.13 Å². The minimum absolute atomic E-state index is 0.0510. The Morgan fingerprint density at radius 3 is 2.80 bits per heavy atom. The third kappa shape index (κ3) is 4.28. The fourth-order valence-electron chi connectivity index (χ4n) is 1.84. The van der Waals surface area contributed by atoms with Crippen molar-refractivity contribution in [2.24, 2.45) is 5.73 Å². The van der Waals surface area contributed by atoms with Crippen molar-refractivity contribution in [3.05, 3.63) is 58.1 Å². The topological polar surface area (TPSA) is 48.1 Å². The van der Waals surface area contributed by atoms with E-state index in [-0.39, 0.29) is 11.9 Å². The van der Waals surface area contributed by atoms with E-state index >= 15 is 0 Å². The smallest absolute Gasteiger partial charge is 0.130 e. The molecule has 0 amide bonds. The first kappa shape index (κ1) is 14.9. The van der Waals surface area contributed by atoms with E-state index in [2.05, 4.69) is 20.9 Å². The summed E-state index contributed by atoms with van der Waals surface area (Å²) in [5.74, 6) is 0.364. The van der Waals surface area contributed by atoms with Crippen LogP contribution in [-0.2, 0) is 13.0 Å². The number of nitrogens with zero attached hydrogens (tertiary/aromatic N) is 1. The van der Waals surface area contributed by atoms with Crippen LogP contribution in [0.4, 0.5) is 4.39 Å². The fraction of sp³-hybridized carbons (Fsp3) is 0.267. The Bertz CT molecular complexity index is 573. The van der Waals surface area contributed by atoms with Gasteiger partial charge in [0.25, 0.3) is 0 Å². The molecule has 0 radical (unpaired) electrons. The monoisotopic (exact) mass is 338 g/mol. The van der Waals surface area contributed by atoms with Gasteiger partial charge in [0.2, 0.25) is 0 Å². The van der Waals surface area contributed by atoms with Crippen molar-refractivity contribution in [1.29, 1.82) is 0 Å². The Morgan fingerprint density at radius 1 is 1.35 bits per heavy atom. The summed E-state index contributed by atoms with van der Waals surface area (Å²) in [4.78, 5) is 4.23. The Kier molecular flexibility index (Phi) is 5.09. The van der Waals surface area contributed by atoms with Crippen LogP contribution in [0.25, 0.3) is 0 Å². The minimum atomic E-state index is -0.283. The van der Waals surface area contributed by atoms with Crippen LogP contribution in [0, 0.1) is 5.82 Å². The van der Waals surface area contributed by atoms with Gasteiger partial charge in [-0.25, -0.2) is 4.39 Å². The predicted molar refractivity (Wildman–Crippen MR) is 80.0 cm³/mol. The van der Waals surface area contributed by atoms with Gasteiger partial charge in [-0.1, -0.05) is 0 Å². The first-order chi connectivity index (χ1) is 9.54. The first-order valence-corrected chi connectivity index (χ1v) is 7.11. The summed E-state index contributed by atoms with van der Waals surface area (Å²) >= 11 is 3.33. The molecule has 1 aromatic heterocycles. The second kappa shape index (κ2) is 6.81. The number of hydrogen-bond donors (Lipinski definition) is 1. The number of benzene rings is 1. The highest BCUT2D eigenvalue weighted by atomic mass is 79.9. The van der Waals surface area contributed by atoms with Gasteiger partial charge in [0.1, 0.15) is 18.2 Å². The maximum absolute atomic E-state index is 13.3. The summed E-state index contributed by atoms with van der Waals surface area (Å²) in [7, 11) is 0. The first-order valence-electron chi connectivity index (χ1n) is 6.32. The molecule has 0 aliphatic rings. The average molecular weight is 339 g/mol. The van der Waals surface area contributed by atoms with Crippen molar-refractivity contribution in [2.45, 2.75) is 26.0 Å². The van der Waals surface area contributed by atoms with E-state index in [9.17, 15) is 4.39 Å². The quantitative estimate of drug-likeness (QED) is 0.908. The largest absolute Gasteiger partial charge is 0.487 e. The molecular formula is C15H16BrFN2O. The lowest BCUT2D eigenvalue weighted by Crippen LogP contribution is -2.18. The summed E-state index contributed by atoms with van der Waals surface area (Å²) in [6.45, 7) is 2.22. The zero-order valence-corrected chi connectivity index (χ0v) is 12.7. The van der Waals surface area contributed by atoms with Crippen molar-refractivity contribution in [3.8, 4) is 5.75 Å². The van der Waals surface area contributed by atoms with E-state index in [4.69, 9.17) is 10.5 Å². The predicted octanol–water partition coefficient (Wildman–Crippen LogP) is 3.45. The Hall–Kier alpha value is -1.46.